The van der Waals surface area contributed by atoms with Gasteiger partial charge in [0.1, 0.15) is 0 Å². The Labute approximate surface area is 148 Å². The first-order chi connectivity index (χ1) is 12.3. The van der Waals surface area contributed by atoms with Crippen molar-refractivity contribution in [1.82, 2.24) is 19.5 Å². The average Bonchev–Trinajstić information content (AvgIpc) is 3.37. The lowest BCUT2D eigenvalue weighted by atomic mass is 9.97. The lowest BCUT2D eigenvalue weighted by molar-refractivity contribution is 0.122. The van der Waals surface area contributed by atoms with Gasteiger partial charge in [0, 0.05) is 32.1 Å². The molecule has 0 N–H and O–H groups in total. The molecule has 0 aromatic carbocycles. The monoisotopic (exact) mass is 341 g/mol. The van der Waals surface area contributed by atoms with E-state index in [9.17, 15) is 0 Å². The zero-order chi connectivity index (χ0) is 16.6. The van der Waals surface area contributed by atoms with Crippen molar-refractivity contribution < 1.29 is 4.74 Å². The summed E-state index contributed by atoms with van der Waals surface area (Å²) in [5.74, 6) is 2.47. The summed E-state index contributed by atoms with van der Waals surface area (Å²) >= 11 is 0. The quantitative estimate of drug-likeness (QED) is 0.853. The number of hydrogen-bond acceptors (Lipinski definition) is 5. The first-order valence-corrected chi connectivity index (χ1v) is 9.76. The number of likely N-dealkylation sites (tertiary alicyclic amines) is 1. The first-order valence-electron chi connectivity index (χ1n) is 9.76. The average molecular weight is 341 g/mol. The normalized spacial score (nSPS) is 25.6. The largest absolute Gasteiger partial charge is 0.378 e. The lowest BCUT2D eigenvalue weighted by Crippen LogP contribution is -2.36. The van der Waals surface area contributed by atoms with Crippen LogP contribution in [0.1, 0.15) is 37.4 Å². The Morgan fingerprint density at radius 3 is 2.80 bits per heavy atom. The molecule has 2 aliphatic heterocycles. The highest BCUT2D eigenvalue weighted by molar-refractivity contribution is 5.51. The zero-order valence-electron chi connectivity index (χ0n) is 14.8. The topological polar surface area (TPSA) is 45.9 Å². The molecule has 0 amide bonds. The van der Waals surface area contributed by atoms with Gasteiger partial charge in [-0.1, -0.05) is 0 Å². The van der Waals surface area contributed by atoms with Gasteiger partial charge in [0.05, 0.1) is 25.1 Å². The number of ether oxygens (including phenoxy) is 1. The van der Waals surface area contributed by atoms with Crippen LogP contribution in [0.2, 0.25) is 0 Å². The fraction of sp³-hybridized carbons (Fsp3) is 0.684. The summed E-state index contributed by atoms with van der Waals surface area (Å²) in [6.45, 7) is 7.17. The Kier molecular flexibility index (Phi) is 4.10. The van der Waals surface area contributed by atoms with Crippen molar-refractivity contribution in [2.45, 2.75) is 31.6 Å². The summed E-state index contributed by atoms with van der Waals surface area (Å²) in [5.41, 5.74) is 2.18. The molecule has 0 bridgehead atoms. The molecule has 1 saturated carbocycles. The van der Waals surface area contributed by atoms with E-state index in [1.807, 2.05) is 4.52 Å². The summed E-state index contributed by atoms with van der Waals surface area (Å²) in [6, 6.07) is 4.27. The standard InChI is InChI=1S/C19H27N5O/c1-2-16(13-22(7-1)12-15-3-4-15)19-20-18-6-5-17(14-24(18)21-19)23-8-10-25-11-9-23/h5-6,14-16H,1-4,7-13H2/t16-/m1/s1. The lowest BCUT2D eigenvalue weighted by Gasteiger charge is -2.31. The molecule has 2 saturated heterocycles. The third-order valence-electron chi connectivity index (χ3n) is 5.79. The second-order valence-electron chi connectivity index (χ2n) is 7.80. The number of nitrogens with zero attached hydrogens (tertiary/aromatic N) is 5. The zero-order valence-corrected chi connectivity index (χ0v) is 14.8. The molecule has 1 atom stereocenters. The van der Waals surface area contributed by atoms with Gasteiger partial charge in [-0.25, -0.2) is 9.50 Å². The maximum Gasteiger partial charge on any atom is 0.156 e. The van der Waals surface area contributed by atoms with E-state index in [1.165, 1.54) is 44.5 Å². The van der Waals surface area contributed by atoms with Crippen LogP contribution in [0, 0.1) is 5.92 Å². The molecule has 2 aromatic rings. The minimum atomic E-state index is 0.485. The molecule has 4 heterocycles. The molecule has 134 valence electrons. The maximum atomic E-state index is 5.45. The van der Waals surface area contributed by atoms with Crippen molar-refractivity contribution in [2.75, 3.05) is 50.8 Å². The minimum absolute atomic E-state index is 0.485. The van der Waals surface area contributed by atoms with Crippen LogP contribution in [0.4, 0.5) is 5.69 Å². The predicted molar refractivity (Wildman–Crippen MR) is 97.2 cm³/mol. The van der Waals surface area contributed by atoms with Gasteiger partial charge in [0.2, 0.25) is 0 Å². The molecule has 25 heavy (non-hydrogen) atoms. The van der Waals surface area contributed by atoms with Crippen LogP contribution in [0.3, 0.4) is 0 Å². The Hall–Kier alpha value is -1.66. The van der Waals surface area contributed by atoms with Crippen LogP contribution >= 0.6 is 0 Å². The smallest absolute Gasteiger partial charge is 0.156 e. The van der Waals surface area contributed by atoms with E-state index in [-0.39, 0.29) is 0 Å². The number of morpholine rings is 1. The molecule has 3 fully saturated rings. The third-order valence-corrected chi connectivity index (χ3v) is 5.79. The van der Waals surface area contributed by atoms with E-state index in [4.69, 9.17) is 14.8 Å². The molecule has 6 heteroatoms. The van der Waals surface area contributed by atoms with E-state index in [1.54, 1.807) is 0 Å². The summed E-state index contributed by atoms with van der Waals surface area (Å²) in [4.78, 5) is 9.83. The number of piperidine rings is 1. The minimum Gasteiger partial charge on any atom is -0.378 e. The van der Waals surface area contributed by atoms with Gasteiger partial charge in [-0.05, 0) is 50.3 Å². The van der Waals surface area contributed by atoms with Crippen LogP contribution in [0.25, 0.3) is 5.65 Å². The highest BCUT2D eigenvalue weighted by Crippen LogP contribution is 2.32. The van der Waals surface area contributed by atoms with Crippen LogP contribution in [0.15, 0.2) is 18.3 Å². The maximum absolute atomic E-state index is 5.45. The van der Waals surface area contributed by atoms with Crippen molar-refractivity contribution in [3.05, 3.63) is 24.2 Å². The van der Waals surface area contributed by atoms with E-state index in [2.05, 4.69) is 28.1 Å². The highest BCUT2D eigenvalue weighted by Gasteiger charge is 2.29. The number of rotatable bonds is 4. The fourth-order valence-corrected chi connectivity index (χ4v) is 4.17. The van der Waals surface area contributed by atoms with Gasteiger partial charge in [-0.15, -0.1) is 0 Å². The van der Waals surface area contributed by atoms with Gasteiger partial charge in [-0.3, -0.25) is 0 Å². The molecule has 2 aromatic heterocycles. The second-order valence-corrected chi connectivity index (χ2v) is 7.80. The van der Waals surface area contributed by atoms with E-state index in [0.717, 1.165) is 50.2 Å². The molecule has 1 aliphatic carbocycles. The number of hydrogen-bond donors (Lipinski definition) is 0. The first kappa shape index (κ1) is 15.6. The summed E-state index contributed by atoms with van der Waals surface area (Å²) in [7, 11) is 0. The number of pyridine rings is 1. The molecule has 6 nitrogen and oxygen atoms in total. The highest BCUT2D eigenvalue weighted by atomic mass is 16.5. The summed E-state index contributed by atoms with van der Waals surface area (Å²) in [5, 5.41) is 4.84. The molecule has 0 radical (unpaired) electrons. The number of fused-ring (bicyclic) bond motifs is 1. The molecular weight excluding hydrogens is 314 g/mol. The van der Waals surface area contributed by atoms with Crippen molar-refractivity contribution in [3.8, 4) is 0 Å². The Morgan fingerprint density at radius 2 is 1.96 bits per heavy atom. The molecule has 3 aliphatic rings. The van der Waals surface area contributed by atoms with Gasteiger partial charge in [-0.2, -0.15) is 5.10 Å². The van der Waals surface area contributed by atoms with Crippen LogP contribution in [-0.2, 0) is 4.74 Å². The predicted octanol–water partition coefficient (Wildman–Crippen LogP) is 2.16. The molecular formula is C19H27N5O. The van der Waals surface area contributed by atoms with Gasteiger partial charge >= 0.3 is 0 Å². The Balaban J connectivity index is 1.34. The van der Waals surface area contributed by atoms with Gasteiger partial charge in [0.15, 0.2) is 11.5 Å². The fourth-order valence-electron chi connectivity index (χ4n) is 4.17. The van der Waals surface area contributed by atoms with Crippen LogP contribution in [0.5, 0.6) is 0 Å². The third kappa shape index (κ3) is 3.37. The molecule has 0 unspecified atom stereocenters. The molecule has 5 rings (SSSR count). The second kappa shape index (κ2) is 6.57. The number of aromatic nitrogens is 3. The summed E-state index contributed by atoms with van der Waals surface area (Å²) in [6.07, 6.45) is 7.47. The van der Waals surface area contributed by atoms with Gasteiger partial charge in [0.25, 0.3) is 0 Å². The van der Waals surface area contributed by atoms with Crippen molar-refractivity contribution in [2.24, 2.45) is 5.92 Å². The van der Waals surface area contributed by atoms with Crippen molar-refractivity contribution in [3.63, 3.8) is 0 Å². The van der Waals surface area contributed by atoms with Crippen LogP contribution < -0.4 is 4.90 Å². The van der Waals surface area contributed by atoms with Crippen molar-refractivity contribution >= 4 is 11.3 Å². The SMILES string of the molecule is c1cc2nc([C@@H]3CCCN(CC4CC4)C3)nn2cc1N1CCOCC1. The molecule has 0 spiro atoms. The Morgan fingerprint density at radius 1 is 1.08 bits per heavy atom. The van der Waals surface area contributed by atoms with E-state index >= 15 is 0 Å². The van der Waals surface area contributed by atoms with Crippen LogP contribution in [-0.4, -0.2) is 65.4 Å². The summed E-state index contributed by atoms with van der Waals surface area (Å²) < 4.78 is 7.43. The van der Waals surface area contributed by atoms with Gasteiger partial charge < -0.3 is 14.5 Å². The van der Waals surface area contributed by atoms with E-state index < -0.39 is 0 Å². The Bertz CT molecular complexity index is 734. The van der Waals surface area contributed by atoms with E-state index in [0.29, 0.717) is 5.92 Å². The number of anilines is 1. The van der Waals surface area contributed by atoms with Crippen molar-refractivity contribution in [1.29, 1.82) is 0 Å².